The second kappa shape index (κ2) is 5.30. The molecular formula is C13H22O2S. The van der Waals surface area contributed by atoms with Crippen LogP contribution >= 0.6 is 11.3 Å². The summed E-state index contributed by atoms with van der Waals surface area (Å²) in [5.41, 5.74) is 0.154. The van der Waals surface area contributed by atoms with E-state index in [1.165, 1.54) is 4.88 Å². The Morgan fingerprint density at radius 2 is 1.94 bits per heavy atom. The molecule has 0 fully saturated rings. The maximum atomic E-state index is 9.93. The van der Waals surface area contributed by atoms with Gasteiger partial charge in [0.1, 0.15) is 6.10 Å². The van der Waals surface area contributed by atoms with E-state index in [0.29, 0.717) is 6.61 Å². The molecule has 1 aromatic heterocycles. The summed E-state index contributed by atoms with van der Waals surface area (Å²) in [6.07, 6.45) is -0.333. The Hall–Kier alpha value is -0.380. The summed E-state index contributed by atoms with van der Waals surface area (Å²) in [6, 6.07) is 4.10. The zero-order chi connectivity index (χ0) is 12.3. The quantitative estimate of drug-likeness (QED) is 0.875. The van der Waals surface area contributed by atoms with E-state index in [-0.39, 0.29) is 11.5 Å². The largest absolute Gasteiger partial charge is 0.385 e. The topological polar surface area (TPSA) is 29.5 Å². The zero-order valence-electron chi connectivity index (χ0n) is 10.8. The molecule has 0 amide bonds. The average Bonchev–Trinajstić information content (AvgIpc) is 2.61. The van der Waals surface area contributed by atoms with Crippen LogP contribution in [-0.4, -0.2) is 17.8 Å². The van der Waals surface area contributed by atoms with E-state index >= 15 is 0 Å². The molecule has 0 radical (unpaired) electrons. The van der Waals surface area contributed by atoms with Crippen LogP contribution in [0.25, 0.3) is 0 Å². The fraction of sp³-hybridized carbons (Fsp3) is 0.692. The minimum Gasteiger partial charge on any atom is -0.385 e. The Kier molecular flexibility index (Phi) is 4.53. The number of thiophene rings is 1. The number of hydrogen-bond donors (Lipinski definition) is 1. The van der Waals surface area contributed by atoms with Gasteiger partial charge < -0.3 is 9.84 Å². The van der Waals surface area contributed by atoms with Crippen LogP contribution in [0.2, 0.25) is 0 Å². The van der Waals surface area contributed by atoms with Crippen molar-refractivity contribution in [2.75, 3.05) is 6.61 Å². The van der Waals surface area contributed by atoms with Crippen LogP contribution in [0.4, 0.5) is 0 Å². The van der Waals surface area contributed by atoms with Crippen LogP contribution in [-0.2, 0) is 10.2 Å². The van der Waals surface area contributed by atoms with E-state index in [4.69, 9.17) is 4.74 Å². The molecule has 92 valence electrons. The zero-order valence-corrected chi connectivity index (χ0v) is 11.6. The lowest BCUT2D eigenvalue weighted by atomic mass is 9.95. The van der Waals surface area contributed by atoms with Gasteiger partial charge in [-0.1, -0.05) is 20.8 Å². The molecule has 0 saturated heterocycles. The Morgan fingerprint density at radius 1 is 1.31 bits per heavy atom. The maximum absolute atomic E-state index is 9.93. The highest BCUT2D eigenvalue weighted by atomic mass is 32.1. The van der Waals surface area contributed by atoms with Crippen molar-refractivity contribution in [1.82, 2.24) is 0 Å². The summed E-state index contributed by atoms with van der Waals surface area (Å²) in [5, 5.41) is 9.93. The van der Waals surface area contributed by atoms with E-state index in [0.717, 1.165) is 4.88 Å². The van der Waals surface area contributed by atoms with Gasteiger partial charge in [-0.25, -0.2) is 0 Å². The summed E-state index contributed by atoms with van der Waals surface area (Å²) >= 11 is 1.67. The molecule has 2 nitrogen and oxygen atoms in total. The number of hydrogen-bond acceptors (Lipinski definition) is 3. The molecule has 1 N–H and O–H groups in total. The van der Waals surface area contributed by atoms with Gasteiger partial charge in [-0.2, -0.15) is 0 Å². The van der Waals surface area contributed by atoms with E-state index in [1.807, 2.05) is 19.9 Å². The lowest BCUT2D eigenvalue weighted by Gasteiger charge is -2.16. The van der Waals surface area contributed by atoms with E-state index in [9.17, 15) is 5.11 Å². The Morgan fingerprint density at radius 3 is 2.38 bits per heavy atom. The molecule has 0 bridgehead atoms. The molecule has 1 atom stereocenters. The van der Waals surface area contributed by atoms with Crippen molar-refractivity contribution in [1.29, 1.82) is 0 Å². The predicted octanol–water partition coefficient (Wildman–Crippen LogP) is 3.50. The first-order valence-electron chi connectivity index (χ1n) is 5.70. The van der Waals surface area contributed by atoms with Crippen molar-refractivity contribution in [3.63, 3.8) is 0 Å². The minimum atomic E-state index is -0.497. The Bertz CT molecular complexity index is 323. The lowest BCUT2D eigenvalue weighted by molar-refractivity contribution is 0.00633. The first-order chi connectivity index (χ1) is 7.30. The van der Waals surface area contributed by atoms with Crippen molar-refractivity contribution in [2.24, 2.45) is 0 Å². The molecule has 16 heavy (non-hydrogen) atoms. The normalized spacial score (nSPS) is 14.4. The highest BCUT2D eigenvalue weighted by molar-refractivity contribution is 7.12. The van der Waals surface area contributed by atoms with Crippen LogP contribution in [0.3, 0.4) is 0 Å². The van der Waals surface area contributed by atoms with Gasteiger partial charge in [-0.05, 0) is 31.4 Å². The van der Waals surface area contributed by atoms with Crippen LogP contribution in [0.1, 0.15) is 50.5 Å². The van der Waals surface area contributed by atoms with Gasteiger partial charge in [-0.3, -0.25) is 0 Å². The second-order valence-electron chi connectivity index (χ2n) is 5.35. The summed E-state index contributed by atoms with van der Waals surface area (Å²) in [4.78, 5) is 2.29. The number of aliphatic hydroxyl groups excluding tert-OH is 1. The molecule has 3 heteroatoms. The first kappa shape index (κ1) is 13.7. The van der Waals surface area contributed by atoms with Crippen molar-refractivity contribution < 1.29 is 9.84 Å². The molecule has 0 saturated carbocycles. The third-order valence-electron chi connectivity index (χ3n) is 2.28. The lowest BCUT2D eigenvalue weighted by Crippen LogP contribution is -2.11. The third-order valence-corrected chi connectivity index (χ3v) is 3.89. The average molecular weight is 242 g/mol. The third kappa shape index (κ3) is 3.89. The van der Waals surface area contributed by atoms with Gasteiger partial charge in [0.05, 0.1) is 12.7 Å². The van der Waals surface area contributed by atoms with Gasteiger partial charge >= 0.3 is 0 Å². The molecule has 1 aromatic rings. The van der Waals surface area contributed by atoms with Crippen LogP contribution in [0.5, 0.6) is 0 Å². The van der Waals surface area contributed by atoms with Gasteiger partial charge in [0.15, 0.2) is 0 Å². The van der Waals surface area contributed by atoms with Gasteiger partial charge in [0, 0.05) is 9.75 Å². The van der Waals surface area contributed by atoms with Gasteiger partial charge in [-0.15, -0.1) is 11.3 Å². The highest BCUT2D eigenvalue weighted by Crippen LogP contribution is 2.32. The molecule has 1 unspecified atom stereocenters. The Labute approximate surface area is 102 Å². The number of aliphatic hydroxyl groups is 1. The first-order valence-corrected chi connectivity index (χ1v) is 6.52. The van der Waals surface area contributed by atoms with Gasteiger partial charge in [0.2, 0.25) is 0 Å². The summed E-state index contributed by atoms with van der Waals surface area (Å²) < 4.78 is 5.41. The highest BCUT2D eigenvalue weighted by Gasteiger charge is 2.18. The summed E-state index contributed by atoms with van der Waals surface area (Å²) in [7, 11) is 0. The van der Waals surface area contributed by atoms with Gasteiger partial charge in [0.25, 0.3) is 0 Å². The summed E-state index contributed by atoms with van der Waals surface area (Å²) in [6.45, 7) is 10.9. The van der Waals surface area contributed by atoms with Crippen molar-refractivity contribution >= 4 is 11.3 Å². The fourth-order valence-electron chi connectivity index (χ4n) is 1.30. The number of rotatable bonds is 4. The van der Waals surface area contributed by atoms with Crippen LogP contribution < -0.4 is 0 Å². The monoisotopic (exact) mass is 242 g/mol. The Balaban J connectivity index is 2.63. The molecule has 0 aliphatic carbocycles. The summed E-state index contributed by atoms with van der Waals surface area (Å²) in [5.74, 6) is 0. The van der Waals surface area contributed by atoms with E-state index < -0.39 is 6.10 Å². The standard InChI is InChI=1S/C13H22O2S/c1-9(2)15-8-10(14)11-6-7-12(16-11)13(3,4)5/h6-7,9-10,14H,8H2,1-5H3. The smallest absolute Gasteiger partial charge is 0.111 e. The van der Waals surface area contributed by atoms with E-state index in [1.54, 1.807) is 11.3 Å². The molecule has 0 aromatic carbocycles. The van der Waals surface area contributed by atoms with Crippen molar-refractivity contribution in [2.45, 2.75) is 52.2 Å². The molecule has 0 aliphatic heterocycles. The SMILES string of the molecule is CC(C)OCC(O)c1ccc(C(C)(C)C)s1. The van der Waals surface area contributed by atoms with Crippen LogP contribution in [0.15, 0.2) is 12.1 Å². The predicted molar refractivity (Wildman–Crippen MR) is 69.1 cm³/mol. The fourth-order valence-corrected chi connectivity index (χ4v) is 2.34. The van der Waals surface area contributed by atoms with Crippen molar-refractivity contribution in [3.05, 3.63) is 21.9 Å². The van der Waals surface area contributed by atoms with E-state index in [2.05, 4.69) is 26.8 Å². The maximum Gasteiger partial charge on any atom is 0.111 e. The van der Waals surface area contributed by atoms with Crippen molar-refractivity contribution in [3.8, 4) is 0 Å². The molecular weight excluding hydrogens is 220 g/mol. The molecule has 1 rings (SSSR count). The molecule has 0 spiro atoms. The molecule has 0 aliphatic rings. The number of ether oxygens (including phenoxy) is 1. The molecule has 1 heterocycles. The van der Waals surface area contributed by atoms with Crippen LogP contribution in [0, 0.1) is 0 Å². The minimum absolute atomic E-state index is 0.154. The second-order valence-corrected chi connectivity index (χ2v) is 6.47.